The van der Waals surface area contributed by atoms with E-state index in [9.17, 15) is 4.79 Å². The molecular formula is C25H31N5O3. The molecule has 0 aliphatic carbocycles. The summed E-state index contributed by atoms with van der Waals surface area (Å²) in [4.78, 5) is 12.8. The maximum Gasteiger partial charge on any atom is 0.320 e. The van der Waals surface area contributed by atoms with Gasteiger partial charge in [0.25, 0.3) is 0 Å². The number of hydrogen-bond acceptors (Lipinski definition) is 5. The van der Waals surface area contributed by atoms with Gasteiger partial charge in [-0.25, -0.2) is 9.48 Å². The van der Waals surface area contributed by atoms with Crippen molar-refractivity contribution in [3.63, 3.8) is 0 Å². The van der Waals surface area contributed by atoms with Crippen molar-refractivity contribution >= 4 is 11.8 Å². The van der Waals surface area contributed by atoms with Crippen LogP contribution < -0.4 is 20.7 Å². The lowest BCUT2D eigenvalue weighted by Crippen LogP contribution is -2.46. The summed E-state index contributed by atoms with van der Waals surface area (Å²) in [7, 11) is 1.67. The van der Waals surface area contributed by atoms with E-state index < -0.39 is 0 Å². The van der Waals surface area contributed by atoms with Gasteiger partial charge in [-0.15, -0.1) is 5.10 Å². The van der Waals surface area contributed by atoms with Crippen LogP contribution in [0.15, 0.2) is 48.5 Å². The summed E-state index contributed by atoms with van der Waals surface area (Å²) in [6.45, 7) is 6.45. The molecule has 0 saturated carbocycles. The van der Waals surface area contributed by atoms with Gasteiger partial charge in [0.1, 0.15) is 12.4 Å². The van der Waals surface area contributed by atoms with Crippen molar-refractivity contribution in [2.45, 2.75) is 39.5 Å². The number of urea groups is 1. The highest BCUT2D eigenvalue weighted by Gasteiger charge is 2.22. The van der Waals surface area contributed by atoms with Crippen LogP contribution >= 0.6 is 0 Å². The molecule has 33 heavy (non-hydrogen) atoms. The number of ether oxygens (including phenoxy) is 2. The number of rotatable bonds is 9. The van der Waals surface area contributed by atoms with E-state index in [1.54, 1.807) is 11.8 Å². The van der Waals surface area contributed by atoms with Crippen LogP contribution in [0, 0.1) is 13.8 Å². The fourth-order valence-corrected chi connectivity index (χ4v) is 3.69. The van der Waals surface area contributed by atoms with Crippen LogP contribution in [0.5, 0.6) is 5.88 Å². The summed E-state index contributed by atoms with van der Waals surface area (Å²) in [5.74, 6) is 1.10. The highest BCUT2D eigenvalue weighted by atomic mass is 16.5. The molecule has 174 valence electrons. The number of anilines is 1. The molecule has 2 heterocycles. The van der Waals surface area contributed by atoms with Crippen LogP contribution in [0.3, 0.4) is 0 Å². The predicted octanol–water partition coefficient (Wildman–Crippen LogP) is 3.70. The first-order valence-corrected chi connectivity index (χ1v) is 11.2. The average Bonchev–Trinajstić information content (AvgIpc) is 3.09. The molecule has 3 aromatic rings. The molecule has 0 bridgehead atoms. The first-order valence-electron chi connectivity index (χ1n) is 11.2. The van der Waals surface area contributed by atoms with Gasteiger partial charge in [0, 0.05) is 19.7 Å². The predicted molar refractivity (Wildman–Crippen MR) is 128 cm³/mol. The summed E-state index contributed by atoms with van der Waals surface area (Å²) in [6, 6.07) is 15.9. The van der Waals surface area contributed by atoms with Gasteiger partial charge in [-0.2, -0.15) is 0 Å². The Morgan fingerprint density at radius 1 is 1.21 bits per heavy atom. The molecule has 2 amide bonds. The van der Waals surface area contributed by atoms with Crippen molar-refractivity contribution < 1.29 is 14.3 Å². The van der Waals surface area contributed by atoms with Crippen molar-refractivity contribution in [1.82, 2.24) is 20.4 Å². The van der Waals surface area contributed by atoms with Gasteiger partial charge in [-0.1, -0.05) is 36.4 Å². The van der Waals surface area contributed by atoms with Gasteiger partial charge in [0.2, 0.25) is 5.88 Å². The Hall–Kier alpha value is -3.36. The van der Waals surface area contributed by atoms with Gasteiger partial charge < -0.3 is 20.1 Å². The lowest BCUT2D eigenvalue weighted by Gasteiger charge is -2.26. The highest BCUT2D eigenvalue weighted by Crippen LogP contribution is 2.28. The number of nitrogens with one attached hydrogen (secondary N) is 3. The maximum atomic E-state index is 12.8. The van der Waals surface area contributed by atoms with Crippen LogP contribution in [-0.2, 0) is 17.9 Å². The third-order valence-corrected chi connectivity index (χ3v) is 5.82. The molecule has 1 aliphatic rings. The molecule has 8 nitrogen and oxygen atoms in total. The summed E-state index contributed by atoms with van der Waals surface area (Å²) in [6.07, 6.45) is 1.09. The summed E-state index contributed by atoms with van der Waals surface area (Å²) in [5, 5.41) is 13.9. The van der Waals surface area contributed by atoms with Gasteiger partial charge in [-0.05, 0) is 55.6 Å². The second-order valence-electron chi connectivity index (χ2n) is 8.28. The Morgan fingerprint density at radius 3 is 2.70 bits per heavy atom. The standard InChI is InChI=1S/C25H31N5O3/c1-17-9-10-19(15-32-3)13-20(17)14-27-25(31)28-23-18(2)24(33-16-21-11-12-26-21)29-30(23)22-7-5-4-6-8-22/h4-10,13,21,26H,11-12,14-16H2,1-3H3,(H2,27,28,31)/t21-/m1/s1. The fraction of sp³-hybridized carbons (Fsp3) is 0.360. The second-order valence-corrected chi connectivity index (χ2v) is 8.28. The number of carbonyl (C=O) groups excluding carboxylic acids is 1. The van der Waals surface area contributed by atoms with E-state index in [1.165, 1.54) is 0 Å². The summed E-state index contributed by atoms with van der Waals surface area (Å²) in [5.41, 5.74) is 4.86. The molecule has 2 aromatic carbocycles. The van der Waals surface area contributed by atoms with Gasteiger partial charge in [0.15, 0.2) is 0 Å². The third-order valence-electron chi connectivity index (χ3n) is 5.82. The van der Waals surface area contributed by atoms with Crippen molar-refractivity contribution in [2.75, 3.05) is 25.6 Å². The third kappa shape index (κ3) is 5.53. The molecule has 0 radical (unpaired) electrons. The van der Waals surface area contributed by atoms with Crippen LogP contribution in [-0.4, -0.2) is 42.1 Å². The van der Waals surface area contributed by atoms with Crippen molar-refractivity contribution in [3.8, 4) is 11.6 Å². The number of aryl methyl sites for hydroxylation is 1. The normalized spacial score (nSPS) is 15.1. The summed E-state index contributed by atoms with van der Waals surface area (Å²) < 4.78 is 12.9. The molecular weight excluding hydrogens is 418 g/mol. The number of hydrogen-bond donors (Lipinski definition) is 3. The molecule has 0 spiro atoms. The van der Waals surface area contributed by atoms with E-state index in [4.69, 9.17) is 9.47 Å². The zero-order valence-electron chi connectivity index (χ0n) is 19.4. The monoisotopic (exact) mass is 449 g/mol. The Morgan fingerprint density at radius 2 is 2.00 bits per heavy atom. The van der Waals surface area contributed by atoms with E-state index in [-0.39, 0.29) is 6.03 Å². The van der Waals surface area contributed by atoms with Crippen LogP contribution in [0.4, 0.5) is 10.6 Å². The minimum atomic E-state index is -0.307. The van der Waals surface area contributed by atoms with Crippen molar-refractivity contribution in [1.29, 1.82) is 0 Å². The Bertz CT molecular complexity index is 1090. The zero-order valence-corrected chi connectivity index (χ0v) is 19.4. The molecule has 1 atom stereocenters. The topological polar surface area (TPSA) is 89.4 Å². The van der Waals surface area contributed by atoms with Crippen LogP contribution in [0.25, 0.3) is 5.69 Å². The number of methoxy groups -OCH3 is 1. The second kappa shape index (κ2) is 10.5. The average molecular weight is 450 g/mol. The van der Waals surface area contributed by atoms with Crippen molar-refractivity contribution in [2.24, 2.45) is 0 Å². The van der Waals surface area contributed by atoms with E-state index >= 15 is 0 Å². The Balaban J connectivity index is 1.49. The lowest BCUT2D eigenvalue weighted by molar-refractivity contribution is 0.185. The minimum absolute atomic E-state index is 0.307. The van der Waals surface area contributed by atoms with Gasteiger partial charge >= 0.3 is 6.03 Å². The van der Waals surface area contributed by atoms with Gasteiger partial charge in [0.05, 0.1) is 17.9 Å². The summed E-state index contributed by atoms with van der Waals surface area (Å²) >= 11 is 0. The Labute approximate surface area is 194 Å². The largest absolute Gasteiger partial charge is 0.475 e. The Kier molecular flexibility index (Phi) is 7.26. The van der Waals surface area contributed by atoms with E-state index in [0.29, 0.717) is 37.5 Å². The number of para-hydroxylation sites is 1. The molecule has 4 rings (SSSR count). The molecule has 3 N–H and O–H groups in total. The molecule has 1 fully saturated rings. The van der Waals surface area contributed by atoms with Crippen LogP contribution in [0.1, 0.15) is 28.7 Å². The van der Waals surface area contributed by atoms with Crippen molar-refractivity contribution in [3.05, 3.63) is 70.8 Å². The van der Waals surface area contributed by atoms with Gasteiger partial charge in [-0.3, -0.25) is 5.32 Å². The number of carbonyl (C=O) groups is 1. The smallest absolute Gasteiger partial charge is 0.320 e. The van der Waals surface area contributed by atoms with E-state index in [2.05, 4.69) is 27.1 Å². The highest BCUT2D eigenvalue weighted by molar-refractivity contribution is 5.89. The maximum absolute atomic E-state index is 12.8. The first-order chi connectivity index (χ1) is 16.0. The van der Waals surface area contributed by atoms with E-state index in [0.717, 1.165) is 40.9 Å². The number of amides is 2. The fourth-order valence-electron chi connectivity index (χ4n) is 3.69. The number of benzene rings is 2. The van der Waals surface area contributed by atoms with Crippen LogP contribution in [0.2, 0.25) is 0 Å². The molecule has 1 aliphatic heterocycles. The molecule has 0 unspecified atom stereocenters. The zero-order chi connectivity index (χ0) is 23.2. The minimum Gasteiger partial charge on any atom is -0.475 e. The van der Waals surface area contributed by atoms with E-state index in [1.807, 2.05) is 56.3 Å². The number of nitrogens with zero attached hydrogens (tertiary/aromatic N) is 2. The number of aromatic nitrogens is 2. The lowest BCUT2D eigenvalue weighted by atomic mass is 10.1. The quantitative estimate of drug-likeness (QED) is 0.464. The SMILES string of the molecule is COCc1ccc(C)c(CNC(=O)Nc2c(C)c(OC[C@H]3CCN3)nn2-c2ccccc2)c1. The first kappa shape index (κ1) is 22.8. The molecule has 8 heteroatoms. The molecule has 1 aromatic heterocycles. The molecule has 1 saturated heterocycles.